The molecule has 82 valence electrons. The van der Waals surface area contributed by atoms with Gasteiger partial charge in [-0.2, -0.15) is 0 Å². The van der Waals surface area contributed by atoms with Crippen molar-refractivity contribution in [3.8, 4) is 0 Å². The van der Waals surface area contributed by atoms with Crippen LogP contribution in [0.2, 0.25) is 0 Å². The molecule has 0 bridgehead atoms. The van der Waals surface area contributed by atoms with Crippen molar-refractivity contribution in [1.29, 1.82) is 0 Å². The van der Waals surface area contributed by atoms with Crippen molar-refractivity contribution in [2.75, 3.05) is 0 Å². The standard InChI is InChI=1S/C13H18FN/c1-12(2,3)10-5-6-15-11-8-13(4,14)7-9(10)11/h5-6H,7-8H2,1-4H3. The molecular weight excluding hydrogens is 189 g/mol. The van der Waals surface area contributed by atoms with Gasteiger partial charge in [-0.15, -0.1) is 0 Å². The number of alkyl halides is 1. The van der Waals surface area contributed by atoms with Gasteiger partial charge in [0.1, 0.15) is 5.67 Å². The Morgan fingerprint density at radius 3 is 2.60 bits per heavy atom. The summed E-state index contributed by atoms with van der Waals surface area (Å²) in [6, 6.07) is 2.03. The zero-order chi connectivity index (χ0) is 11.3. The van der Waals surface area contributed by atoms with Gasteiger partial charge in [0, 0.05) is 24.7 Å². The van der Waals surface area contributed by atoms with E-state index in [1.54, 1.807) is 13.1 Å². The van der Waals surface area contributed by atoms with E-state index in [2.05, 4.69) is 25.8 Å². The maximum Gasteiger partial charge on any atom is 0.117 e. The minimum absolute atomic E-state index is 0.0768. The molecule has 1 unspecified atom stereocenters. The fourth-order valence-corrected chi connectivity index (χ4v) is 2.37. The molecule has 2 heteroatoms. The maximum atomic E-state index is 13.9. The molecule has 0 radical (unpaired) electrons. The molecule has 0 aromatic carbocycles. The van der Waals surface area contributed by atoms with Crippen LogP contribution in [0.4, 0.5) is 4.39 Å². The summed E-state index contributed by atoms with van der Waals surface area (Å²) < 4.78 is 13.9. The Morgan fingerprint density at radius 1 is 1.33 bits per heavy atom. The van der Waals surface area contributed by atoms with Crippen molar-refractivity contribution in [2.45, 2.75) is 51.6 Å². The van der Waals surface area contributed by atoms with Gasteiger partial charge in [-0.25, -0.2) is 4.39 Å². The van der Waals surface area contributed by atoms with Crippen LogP contribution in [0.3, 0.4) is 0 Å². The van der Waals surface area contributed by atoms with Gasteiger partial charge in [0.05, 0.1) is 0 Å². The average molecular weight is 207 g/mol. The van der Waals surface area contributed by atoms with Crippen molar-refractivity contribution in [1.82, 2.24) is 4.98 Å². The van der Waals surface area contributed by atoms with Crippen LogP contribution in [0.5, 0.6) is 0 Å². The predicted octanol–water partition coefficient (Wildman–Crippen LogP) is 3.21. The van der Waals surface area contributed by atoms with E-state index in [1.165, 1.54) is 5.56 Å². The normalized spacial score (nSPS) is 25.4. The number of hydrogen-bond donors (Lipinski definition) is 0. The first kappa shape index (κ1) is 10.6. The van der Waals surface area contributed by atoms with Crippen LogP contribution in [-0.4, -0.2) is 10.7 Å². The van der Waals surface area contributed by atoms with Crippen molar-refractivity contribution in [3.05, 3.63) is 29.1 Å². The van der Waals surface area contributed by atoms with Gasteiger partial charge < -0.3 is 0 Å². The largest absolute Gasteiger partial charge is 0.261 e. The first-order valence-electron chi connectivity index (χ1n) is 5.46. The molecule has 0 fully saturated rings. The Balaban J connectivity index is 2.51. The number of aromatic nitrogens is 1. The third kappa shape index (κ3) is 1.90. The van der Waals surface area contributed by atoms with Crippen LogP contribution in [0.1, 0.15) is 44.5 Å². The summed E-state index contributed by atoms with van der Waals surface area (Å²) in [4.78, 5) is 4.29. The Bertz CT molecular complexity index is 388. The molecule has 0 saturated carbocycles. The lowest BCUT2D eigenvalue weighted by atomic mass is 9.83. The molecule has 0 saturated heterocycles. The van der Waals surface area contributed by atoms with Crippen LogP contribution in [0, 0.1) is 0 Å². The van der Waals surface area contributed by atoms with Gasteiger partial charge in [0.2, 0.25) is 0 Å². The Kier molecular flexibility index (Phi) is 2.14. The highest BCUT2D eigenvalue weighted by Gasteiger charge is 2.36. The maximum absolute atomic E-state index is 13.9. The van der Waals surface area contributed by atoms with Gasteiger partial charge in [0.15, 0.2) is 0 Å². The van der Waals surface area contributed by atoms with E-state index in [-0.39, 0.29) is 5.41 Å². The fraction of sp³-hybridized carbons (Fsp3) is 0.615. The van der Waals surface area contributed by atoms with Crippen LogP contribution < -0.4 is 0 Å². The number of fused-ring (bicyclic) bond motifs is 1. The first-order chi connectivity index (χ1) is 6.80. The molecule has 2 rings (SSSR count). The molecule has 1 nitrogen and oxygen atoms in total. The zero-order valence-corrected chi connectivity index (χ0v) is 9.89. The first-order valence-corrected chi connectivity index (χ1v) is 5.46. The van der Waals surface area contributed by atoms with Crippen LogP contribution >= 0.6 is 0 Å². The Labute approximate surface area is 90.7 Å². The molecule has 1 aliphatic carbocycles. The quantitative estimate of drug-likeness (QED) is 0.636. The lowest BCUT2D eigenvalue weighted by Crippen LogP contribution is -2.18. The second-order valence-electron chi connectivity index (χ2n) is 5.80. The van der Waals surface area contributed by atoms with E-state index >= 15 is 0 Å². The second-order valence-corrected chi connectivity index (χ2v) is 5.80. The van der Waals surface area contributed by atoms with E-state index in [0.29, 0.717) is 12.8 Å². The molecular formula is C13H18FN. The van der Waals surface area contributed by atoms with E-state index < -0.39 is 5.67 Å². The van der Waals surface area contributed by atoms with Crippen molar-refractivity contribution >= 4 is 0 Å². The van der Waals surface area contributed by atoms with Crippen LogP contribution in [0.15, 0.2) is 12.3 Å². The number of pyridine rings is 1. The lowest BCUT2D eigenvalue weighted by Gasteiger charge is -2.22. The molecule has 0 aliphatic heterocycles. The molecule has 15 heavy (non-hydrogen) atoms. The third-order valence-corrected chi connectivity index (χ3v) is 3.03. The number of hydrogen-bond acceptors (Lipinski definition) is 1. The highest BCUT2D eigenvalue weighted by atomic mass is 19.1. The highest BCUT2D eigenvalue weighted by molar-refractivity contribution is 5.40. The van der Waals surface area contributed by atoms with Crippen molar-refractivity contribution in [2.24, 2.45) is 0 Å². The minimum atomic E-state index is -1.10. The van der Waals surface area contributed by atoms with Crippen molar-refractivity contribution in [3.63, 3.8) is 0 Å². The van der Waals surface area contributed by atoms with Gasteiger partial charge >= 0.3 is 0 Å². The van der Waals surface area contributed by atoms with Crippen molar-refractivity contribution < 1.29 is 4.39 Å². The highest BCUT2D eigenvalue weighted by Crippen LogP contribution is 2.37. The SMILES string of the molecule is CC1(F)Cc2nccc(C(C)(C)C)c2C1. The third-order valence-electron chi connectivity index (χ3n) is 3.03. The molecule has 0 amide bonds. The van der Waals surface area contributed by atoms with E-state index in [4.69, 9.17) is 0 Å². The number of nitrogens with zero attached hydrogens (tertiary/aromatic N) is 1. The van der Waals surface area contributed by atoms with E-state index in [0.717, 1.165) is 11.3 Å². The fourth-order valence-electron chi connectivity index (χ4n) is 2.37. The topological polar surface area (TPSA) is 12.9 Å². The minimum Gasteiger partial charge on any atom is -0.261 e. The molecule has 1 aromatic heterocycles. The number of rotatable bonds is 0. The summed E-state index contributed by atoms with van der Waals surface area (Å²) >= 11 is 0. The Hall–Kier alpha value is -0.920. The second kappa shape index (κ2) is 3.03. The molecule has 0 N–H and O–H groups in total. The molecule has 1 aliphatic rings. The molecule has 0 spiro atoms. The summed E-state index contributed by atoms with van der Waals surface area (Å²) in [7, 11) is 0. The molecule has 1 atom stereocenters. The van der Waals surface area contributed by atoms with Gasteiger partial charge in [-0.1, -0.05) is 20.8 Å². The average Bonchev–Trinajstić information content (AvgIpc) is 2.35. The zero-order valence-electron chi connectivity index (χ0n) is 9.89. The van der Waals surface area contributed by atoms with E-state index in [1.807, 2.05) is 6.07 Å². The van der Waals surface area contributed by atoms with Gasteiger partial charge in [-0.3, -0.25) is 4.98 Å². The summed E-state index contributed by atoms with van der Waals surface area (Å²) in [6.07, 6.45) is 2.79. The summed E-state index contributed by atoms with van der Waals surface area (Å²) in [5, 5.41) is 0. The van der Waals surface area contributed by atoms with Gasteiger partial charge in [-0.05, 0) is 29.5 Å². The van der Waals surface area contributed by atoms with Gasteiger partial charge in [0.25, 0.3) is 0 Å². The summed E-state index contributed by atoms with van der Waals surface area (Å²) in [6.45, 7) is 8.16. The number of halogens is 1. The predicted molar refractivity (Wildman–Crippen MR) is 59.9 cm³/mol. The monoisotopic (exact) mass is 207 g/mol. The molecule has 1 aromatic rings. The Morgan fingerprint density at radius 2 is 2.00 bits per heavy atom. The van der Waals surface area contributed by atoms with Crippen LogP contribution in [0.25, 0.3) is 0 Å². The lowest BCUT2D eigenvalue weighted by molar-refractivity contribution is 0.204. The molecule has 1 heterocycles. The summed E-state index contributed by atoms with van der Waals surface area (Å²) in [5.41, 5.74) is 2.31. The smallest absolute Gasteiger partial charge is 0.117 e. The summed E-state index contributed by atoms with van der Waals surface area (Å²) in [5.74, 6) is 0. The van der Waals surface area contributed by atoms with Crippen LogP contribution in [-0.2, 0) is 18.3 Å². The van der Waals surface area contributed by atoms with E-state index in [9.17, 15) is 4.39 Å².